The van der Waals surface area contributed by atoms with E-state index in [0.717, 1.165) is 11.0 Å². The van der Waals surface area contributed by atoms with Gasteiger partial charge in [0.1, 0.15) is 23.2 Å². The Morgan fingerprint density at radius 3 is 2.78 bits per heavy atom. The smallest absolute Gasteiger partial charge is 0.158 e. The van der Waals surface area contributed by atoms with Gasteiger partial charge in [-0.2, -0.15) is 9.61 Å². The minimum Gasteiger partial charge on any atom is -0.454 e. The Balaban J connectivity index is 1.52. The fourth-order valence-corrected chi connectivity index (χ4v) is 3.82. The second kappa shape index (κ2) is 6.07. The first-order chi connectivity index (χ1) is 13.1. The lowest BCUT2D eigenvalue weighted by atomic mass is 10.1. The molecule has 27 heavy (non-hydrogen) atoms. The molecule has 3 heterocycles. The topological polar surface area (TPSA) is 95.8 Å². The molecule has 0 saturated heterocycles. The van der Waals surface area contributed by atoms with E-state index in [-0.39, 0.29) is 12.0 Å². The zero-order valence-electron chi connectivity index (χ0n) is 14.8. The molecule has 1 aromatic carbocycles. The average molecular weight is 364 g/mol. The highest BCUT2D eigenvalue weighted by molar-refractivity contribution is 5.82. The monoisotopic (exact) mass is 364 g/mol. The van der Waals surface area contributed by atoms with Crippen LogP contribution in [0.1, 0.15) is 13.3 Å². The molecule has 0 amide bonds. The standard InChI is InChI=1S/C20H20N4O3/c1-11-8-14(20(26)19(11)25)22-17-6-7-21-18-10-13(23-24(17)18)16-9-12-4-2-3-5-15(12)27-16/h2-7,9-11,14,19-20,22,25-26H,8H2,1H3/t11-,14-,19-,20+/m1/s1. The number of aliphatic hydroxyl groups excluding tert-OH is 2. The number of para-hydroxylation sites is 1. The molecule has 4 atom stereocenters. The molecule has 0 bridgehead atoms. The van der Waals surface area contributed by atoms with Crippen LogP contribution in [0, 0.1) is 5.92 Å². The molecule has 1 aliphatic rings. The molecular formula is C20H20N4O3. The summed E-state index contributed by atoms with van der Waals surface area (Å²) in [5.41, 5.74) is 2.18. The highest BCUT2D eigenvalue weighted by Crippen LogP contribution is 2.30. The van der Waals surface area contributed by atoms with Crippen molar-refractivity contribution in [3.05, 3.63) is 48.7 Å². The molecule has 3 N–H and O–H groups in total. The van der Waals surface area contributed by atoms with Gasteiger partial charge in [0, 0.05) is 17.6 Å². The maximum Gasteiger partial charge on any atom is 0.158 e. The summed E-state index contributed by atoms with van der Waals surface area (Å²) in [7, 11) is 0. The number of hydrogen-bond acceptors (Lipinski definition) is 6. The Kier molecular flexibility index (Phi) is 3.66. The summed E-state index contributed by atoms with van der Waals surface area (Å²) in [6, 6.07) is 13.2. The van der Waals surface area contributed by atoms with Crippen LogP contribution in [-0.4, -0.2) is 43.1 Å². The summed E-state index contributed by atoms with van der Waals surface area (Å²) in [4.78, 5) is 4.37. The number of benzene rings is 1. The molecule has 7 nitrogen and oxygen atoms in total. The van der Waals surface area contributed by atoms with Crippen molar-refractivity contribution in [1.29, 1.82) is 0 Å². The van der Waals surface area contributed by atoms with E-state index in [9.17, 15) is 10.2 Å². The molecular weight excluding hydrogens is 344 g/mol. The molecule has 0 radical (unpaired) electrons. The van der Waals surface area contributed by atoms with Crippen molar-refractivity contribution in [2.75, 3.05) is 5.32 Å². The summed E-state index contributed by atoms with van der Waals surface area (Å²) in [6.45, 7) is 1.94. The summed E-state index contributed by atoms with van der Waals surface area (Å²) in [5, 5.41) is 29.2. The molecule has 138 valence electrons. The van der Waals surface area contributed by atoms with Gasteiger partial charge in [-0.3, -0.25) is 0 Å². The van der Waals surface area contributed by atoms with Crippen LogP contribution in [0.3, 0.4) is 0 Å². The van der Waals surface area contributed by atoms with E-state index in [1.165, 1.54) is 0 Å². The van der Waals surface area contributed by atoms with Gasteiger partial charge in [-0.1, -0.05) is 25.1 Å². The van der Waals surface area contributed by atoms with Crippen LogP contribution in [0.15, 0.2) is 53.1 Å². The van der Waals surface area contributed by atoms with Gasteiger partial charge in [0.25, 0.3) is 0 Å². The predicted molar refractivity (Wildman–Crippen MR) is 101 cm³/mol. The van der Waals surface area contributed by atoms with Crippen LogP contribution in [-0.2, 0) is 0 Å². The van der Waals surface area contributed by atoms with Crippen LogP contribution in [0.4, 0.5) is 5.82 Å². The largest absolute Gasteiger partial charge is 0.454 e. The maximum atomic E-state index is 10.3. The lowest BCUT2D eigenvalue weighted by molar-refractivity contribution is 0.0210. The first-order valence-electron chi connectivity index (χ1n) is 9.06. The van der Waals surface area contributed by atoms with Crippen LogP contribution >= 0.6 is 0 Å². The summed E-state index contributed by atoms with van der Waals surface area (Å²) < 4.78 is 7.60. The number of hydrogen-bond donors (Lipinski definition) is 3. The molecule has 3 aromatic heterocycles. The second-order valence-electron chi connectivity index (χ2n) is 7.22. The van der Waals surface area contributed by atoms with Gasteiger partial charge in [-0.25, -0.2) is 4.98 Å². The Morgan fingerprint density at radius 2 is 2.00 bits per heavy atom. The molecule has 4 aromatic rings. The SMILES string of the molecule is C[C@@H]1C[C@@H](Nc2ccnc3cc(-c4cc5ccccc5o4)nn23)[C@H](O)[C@@H]1O. The number of nitrogens with zero attached hydrogens (tertiary/aromatic N) is 3. The Hall–Kier alpha value is -2.90. The fraction of sp³-hybridized carbons (Fsp3) is 0.300. The predicted octanol–water partition coefficient (Wildman–Crippen LogP) is 2.68. The van der Waals surface area contributed by atoms with E-state index in [4.69, 9.17) is 4.42 Å². The van der Waals surface area contributed by atoms with Gasteiger partial charge in [0.05, 0.1) is 12.1 Å². The maximum absolute atomic E-state index is 10.3. The van der Waals surface area contributed by atoms with Crippen molar-refractivity contribution in [1.82, 2.24) is 14.6 Å². The third kappa shape index (κ3) is 2.67. The third-order valence-electron chi connectivity index (χ3n) is 5.34. The summed E-state index contributed by atoms with van der Waals surface area (Å²) in [6.07, 6.45) is 0.851. The van der Waals surface area contributed by atoms with Crippen LogP contribution < -0.4 is 5.32 Å². The van der Waals surface area contributed by atoms with Crippen LogP contribution in [0.25, 0.3) is 28.1 Å². The normalized spacial score (nSPS) is 25.4. The lowest BCUT2D eigenvalue weighted by Crippen LogP contribution is -2.35. The first-order valence-corrected chi connectivity index (χ1v) is 9.06. The van der Waals surface area contributed by atoms with E-state index < -0.39 is 12.2 Å². The van der Waals surface area contributed by atoms with Gasteiger partial charge < -0.3 is 19.9 Å². The van der Waals surface area contributed by atoms with Crippen molar-refractivity contribution in [2.24, 2.45) is 5.92 Å². The number of aliphatic hydroxyl groups is 2. The van der Waals surface area contributed by atoms with E-state index in [1.54, 1.807) is 10.7 Å². The van der Waals surface area contributed by atoms with Crippen molar-refractivity contribution in [2.45, 2.75) is 31.6 Å². The first kappa shape index (κ1) is 16.3. The Bertz CT molecular complexity index is 1090. The Morgan fingerprint density at radius 1 is 1.15 bits per heavy atom. The van der Waals surface area contributed by atoms with Crippen molar-refractivity contribution in [3.8, 4) is 11.5 Å². The van der Waals surface area contributed by atoms with E-state index in [0.29, 0.717) is 29.3 Å². The molecule has 1 saturated carbocycles. The van der Waals surface area contributed by atoms with E-state index in [2.05, 4.69) is 15.4 Å². The zero-order chi connectivity index (χ0) is 18.5. The molecule has 0 spiro atoms. The van der Waals surface area contributed by atoms with E-state index in [1.807, 2.05) is 49.4 Å². The van der Waals surface area contributed by atoms with Crippen molar-refractivity contribution < 1.29 is 14.6 Å². The summed E-state index contributed by atoms with van der Waals surface area (Å²) >= 11 is 0. The van der Waals surface area contributed by atoms with Gasteiger partial charge in [-0.15, -0.1) is 0 Å². The number of aromatic nitrogens is 3. The van der Waals surface area contributed by atoms with Gasteiger partial charge in [0.2, 0.25) is 0 Å². The quantitative estimate of drug-likeness (QED) is 0.517. The second-order valence-corrected chi connectivity index (χ2v) is 7.22. The highest BCUT2D eigenvalue weighted by atomic mass is 16.3. The molecule has 1 aliphatic carbocycles. The molecule has 1 fully saturated rings. The number of furan rings is 1. The lowest BCUT2D eigenvalue weighted by Gasteiger charge is -2.19. The van der Waals surface area contributed by atoms with Crippen molar-refractivity contribution in [3.63, 3.8) is 0 Å². The average Bonchev–Trinajstić information content (AvgIpc) is 3.35. The fourth-order valence-electron chi connectivity index (χ4n) is 3.82. The van der Waals surface area contributed by atoms with E-state index >= 15 is 0 Å². The highest BCUT2D eigenvalue weighted by Gasteiger charge is 2.39. The van der Waals surface area contributed by atoms with Crippen LogP contribution in [0.5, 0.6) is 0 Å². The van der Waals surface area contributed by atoms with Gasteiger partial charge in [-0.05, 0) is 30.5 Å². The number of anilines is 1. The number of nitrogens with one attached hydrogen (secondary N) is 1. The third-order valence-corrected chi connectivity index (χ3v) is 5.34. The minimum atomic E-state index is -0.811. The van der Waals surface area contributed by atoms with Gasteiger partial charge >= 0.3 is 0 Å². The molecule has 5 rings (SSSR count). The molecule has 0 aliphatic heterocycles. The van der Waals surface area contributed by atoms with Crippen LogP contribution in [0.2, 0.25) is 0 Å². The zero-order valence-corrected chi connectivity index (χ0v) is 14.8. The summed E-state index contributed by atoms with van der Waals surface area (Å²) in [5.74, 6) is 1.43. The molecule has 7 heteroatoms. The Labute approximate surface area is 155 Å². The molecule has 0 unspecified atom stereocenters. The van der Waals surface area contributed by atoms with Gasteiger partial charge in [0.15, 0.2) is 11.4 Å². The minimum absolute atomic E-state index is 0.0403. The number of fused-ring (bicyclic) bond motifs is 2. The number of rotatable bonds is 3. The van der Waals surface area contributed by atoms with Crippen molar-refractivity contribution >= 4 is 22.4 Å².